The summed E-state index contributed by atoms with van der Waals surface area (Å²) in [4.78, 5) is 0. The van der Waals surface area contributed by atoms with E-state index in [1.54, 1.807) is 0 Å². The molecule has 1 N–H and O–H groups in total. The molecule has 1 atom stereocenters. The van der Waals surface area contributed by atoms with Crippen molar-refractivity contribution in [2.24, 2.45) is 0 Å². The predicted molar refractivity (Wildman–Crippen MR) is 82.2 cm³/mol. The highest BCUT2D eigenvalue weighted by Crippen LogP contribution is 2.31. The minimum absolute atomic E-state index is 0.0820. The first-order valence-electron chi connectivity index (χ1n) is 7.02. The molecular weight excluding hydrogens is 318 g/mol. The van der Waals surface area contributed by atoms with Crippen molar-refractivity contribution in [2.75, 3.05) is 13.2 Å². The SMILES string of the molecule is CCNC(c1ccc2c(c1)CCCO2)c1ccc(Br)o1. The van der Waals surface area contributed by atoms with Gasteiger partial charge in [-0.05, 0) is 64.6 Å². The summed E-state index contributed by atoms with van der Waals surface area (Å²) in [6, 6.07) is 10.4. The van der Waals surface area contributed by atoms with Gasteiger partial charge in [0.2, 0.25) is 0 Å². The summed E-state index contributed by atoms with van der Waals surface area (Å²) in [6.07, 6.45) is 2.18. The van der Waals surface area contributed by atoms with Crippen LogP contribution in [0.4, 0.5) is 0 Å². The van der Waals surface area contributed by atoms with Gasteiger partial charge < -0.3 is 14.5 Å². The minimum atomic E-state index is 0.0820. The molecule has 0 saturated carbocycles. The largest absolute Gasteiger partial charge is 0.493 e. The highest BCUT2D eigenvalue weighted by Gasteiger charge is 2.19. The zero-order chi connectivity index (χ0) is 13.9. The Kier molecular flexibility index (Phi) is 4.13. The van der Waals surface area contributed by atoms with Crippen molar-refractivity contribution in [1.29, 1.82) is 0 Å². The molecule has 2 heterocycles. The third kappa shape index (κ3) is 2.76. The van der Waals surface area contributed by atoms with Gasteiger partial charge in [0.15, 0.2) is 4.67 Å². The second-order valence-corrected chi connectivity index (χ2v) is 5.73. The molecule has 0 bridgehead atoms. The van der Waals surface area contributed by atoms with Crippen LogP contribution in [0.5, 0.6) is 5.75 Å². The van der Waals surface area contributed by atoms with E-state index >= 15 is 0 Å². The topological polar surface area (TPSA) is 34.4 Å². The number of halogens is 1. The van der Waals surface area contributed by atoms with Crippen LogP contribution in [0.1, 0.15) is 36.3 Å². The molecule has 106 valence electrons. The van der Waals surface area contributed by atoms with Crippen LogP contribution >= 0.6 is 15.9 Å². The summed E-state index contributed by atoms with van der Waals surface area (Å²) in [6.45, 7) is 3.82. The smallest absolute Gasteiger partial charge is 0.169 e. The van der Waals surface area contributed by atoms with Gasteiger partial charge in [0.1, 0.15) is 11.5 Å². The van der Waals surface area contributed by atoms with E-state index in [0.717, 1.165) is 42.2 Å². The molecule has 0 amide bonds. The van der Waals surface area contributed by atoms with Crippen LogP contribution in [0.2, 0.25) is 0 Å². The number of rotatable bonds is 4. The number of benzene rings is 1. The molecule has 1 aliphatic rings. The molecule has 0 spiro atoms. The first-order chi connectivity index (χ1) is 9.78. The molecule has 0 radical (unpaired) electrons. The summed E-state index contributed by atoms with van der Waals surface area (Å²) >= 11 is 3.37. The lowest BCUT2D eigenvalue weighted by Crippen LogP contribution is -2.22. The Labute approximate surface area is 127 Å². The average molecular weight is 336 g/mol. The Morgan fingerprint density at radius 1 is 1.30 bits per heavy atom. The van der Waals surface area contributed by atoms with E-state index in [9.17, 15) is 0 Å². The van der Waals surface area contributed by atoms with E-state index < -0.39 is 0 Å². The van der Waals surface area contributed by atoms with Gasteiger partial charge in [0.05, 0.1) is 12.6 Å². The fourth-order valence-corrected chi connectivity index (χ4v) is 2.95. The molecule has 3 rings (SSSR count). The first kappa shape index (κ1) is 13.7. The first-order valence-corrected chi connectivity index (χ1v) is 7.81. The Morgan fingerprint density at radius 2 is 2.20 bits per heavy atom. The summed E-state index contributed by atoms with van der Waals surface area (Å²) in [5.74, 6) is 1.95. The highest BCUT2D eigenvalue weighted by atomic mass is 79.9. The molecule has 0 saturated heterocycles. The van der Waals surface area contributed by atoms with Crippen molar-refractivity contribution in [3.8, 4) is 5.75 Å². The number of ether oxygens (including phenoxy) is 1. The van der Waals surface area contributed by atoms with Crippen LogP contribution in [-0.4, -0.2) is 13.2 Å². The van der Waals surface area contributed by atoms with E-state index in [-0.39, 0.29) is 6.04 Å². The van der Waals surface area contributed by atoms with Gasteiger partial charge in [-0.1, -0.05) is 19.1 Å². The van der Waals surface area contributed by atoms with Crippen LogP contribution in [0.15, 0.2) is 39.4 Å². The van der Waals surface area contributed by atoms with Crippen molar-refractivity contribution in [3.05, 3.63) is 51.9 Å². The fourth-order valence-electron chi connectivity index (χ4n) is 2.63. The maximum atomic E-state index is 5.72. The molecule has 0 fully saturated rings. The summed E-state index contributed by atoms with van der Waals surface area (Å²) < 4.78 is 12.2. The van der Waals surface area contributed by atoms with E-state index in [0.29, 0.717) is 0 Å². The summed E-state index contributed by atoms with van der Waals surface area (Å²) in [5, 5.41) is 3.48. The monoisotopic (exact) mass is 335 g/mol. The average Bonchev–Trinajstić information content (AvgIpc) is 2.90. The van der Waals surface area contributed by atoms with E-state index in [1.165, 1.54) is 11.1 Å². The maximum absolute atomic E-state index is 5.72. The van der Waals surface area contributed by atoms with Crippen LogP contribution in [0.25, 0.3) is 0 Å². The van der Waals surface area contributed by atoms with Crippen LogP contribution in [0, 0.1) is 0 Å². The molecule has 20 heavy (non-hydrogen) atoms. The minimum Gasteiger partial charge on any atom is -0.493 e. The lowest BCUT2D eigenvalue weighted by atomic mass is 9.98. The van der Waals surface area contributed by atoms with Crippen molar-refractivity contribution < 1.29 is 9.15 Å². The third-order valence-electron chi connectivity index (χ3n) is 3.55. The standard InChI is InChI=1S/C16H18BrNO2/c1-2-18-16(14-7-8-15(17)20-14)12-5-6-13-11(10-12)4-3-9-19-13/h5-8,10,16,18H,2-4,9H2,1H3. The molecule has 0 aliphatic carbocycles. The van der Waals surface area contributed by atoms with Crippen molar-refractivity contribution in [3.63, 3.8) is 0 Å². The number of hydrogen-bond acceptors (Lipinski definition) is 3. The van der Waals surface area contributed by atoms with E-state index in [2.05, 4.69) is 46.4 Å². The molecule has 3 nitrogen and oxygen atoms in total. The van der Waals surface area contributed by atoms with E-state index in [1.807, 2.05) is 12.1 Å². The predicted octanol–water partition coefficient (Wildman–Crippen LogP) is 4.07. The van der Waals surface area contributed by atoms with Gasteiger partial charge in [-0.25, -0.2) is 0 Å². The zero-order valence-electron chi connectivity index (χ0n) is 11.5. The van der Waals surface area contributed by atoms with Crippen molar-refractivity contribution >= 4 is 15.9 Å². The van der Waals surface area contributed by atoms with Crippen LogP contribution in [0.3, 0.4) is 0 Å². The lowest BCUT2D eigenvalue weighted by Gasteiger charge is -2.21. The summed E-state index contributed by atoms with van der Waals surface area (Å²) in [7, 11) is 0. The molecular formula is C16H18BrNO2. The second-order valence-electron chi connectivity index (χ2n) is 4.95. The van der Waals surface area contributed by atoms with Gasteiger partial charge in [0.25, 0.3) is 0 Å². The Bertz CT molecular complexity index is 594. The van der Waals surface area contributed by atoms with Gasteiger partial charge in [-0.2, -0.15) is 0 Å². The number of furan rings is 1. The number of aryl methyl sites for hydroxylation is 1. The number of nitrogens with one attached hydrogen (secondary N) is 1. The lowest BCUT2D eigenvalue weighted by molar-refractivity contribution is 0.288. The van der Waals surface area contributed by atoms with Gasteiger partial charge in [-0.3, -0.25) is 0 Å². The van der Waals surface area contributed by atoms with Gasteiger partial charge in [0, 0.05) is 0 Å². The second kappa shape index (κ2) is 6.02. The maximum Gasteiger partial charge on any atom is 0.169 e. The summed E-state index contributed by atoms with van der Waals surface area (Å²) in [5.41, 5.74) is 2.51. The number of fused-ring (bicyclic) bond motifs is 1. The molecule has 1 aromatic heterocycles. The van der Waals surface area contributed by atoms with Gasteiger partial charge >= 0.3 is 0 Å². The van der Waals surface area contributed by atoms with E-state index in [4.69, 9.17) is 9.15 Å². The molecule has 1 aromatic carbocycles. The van der Waals surface area contributed by atoms with Crippen LogP contribution < -0.4 is 10.1 Å². The molecule has 1 unspecified atom stereocenters. The Balaban J connectivity index is 1.95. The Hall–Kier alpha value is -1.26. The third-order valence-corrected chi connectivity index (χ3v) is 3.98. The Morgan fingerprint density at radius 3 is 2.95 bits per heavy atom. The number of hydrogen-bond donors (Lipinski definition) is 1. The molecule has 1 aliphatic heterocycles. The molecule has 4 heteroatoms. The quantitative estimate of drug-likeness (QED) is 0.914. The zero-order valence-corrected chi connectivity index (χ0v) is 13.1. The molecule has 2 aromatic rings. The van der Waals surface area contributed by atoms with Crippen molar-refractivity contribution in [2.45, 2.75) is 25.8 Å². The fraction of sp³-hybridized carbons (Fsp3) is 0.375. The highest BCUT2D eigenvalue weighted by molar-refractivity contribution is 9.10. The van der Waals surface area contributed by atoms with Gasteiger partial charge in [-0.15, -0.1) is 0 Å². The van der Waals surface area contributed by atoms with Crippen LogP contribution in [-0.2, 0) is 6.42 Å². The van der Waals surface area contributed by atoms with Crippen molar-refractivity contribution in [1.82, 2.24) is 5.32 Å². The normalized spacial score (nSPS) is 15.5.